The predicted molar refractivity (Wildman–Crippen MR) is 122 cm³/mol. The quantitative estimate of drug-likeness (QED) is 0.586. The van der Waals surface area contributed by atoms with Crippen molar-refractivity contribution in [3.8, 4) is 0 Å². The zero-order valence-corrected chi connectivity index (χ0v) is 20.0. The molecule has 172 valence electrons. The Morgan fingerprint density at radius 2 is 1.88 bits per heavy atom. The number of esters is 1. The van der Waals surface area contributed by atoms with Crippen LogP contribution in [0.5, 0.6) is 0 Å². The average Bonchev–Trinajstić information content (AvgIpc) is 3.52. The molecule has 0 amide bonds. The van der Waals surface area contributed by atoms with Gasteiger partial charge in [0.2, 0.25) is 0 Å². The summed E-state index contributed by atoms with van der Waals surface area (Å²) < 4.78 is 33.1. The van der Waals surface area contributed by atoms with E-state index in [2.05, 4.69) is 13.8 Å². The van der Waals surface area contributed by atoms with Crippen LogP contribution in [0.15, 0.2) is 29.2 Å². The molecule has 1 saturated carbocycles. The lowest BCUT2D eigenvalue weighted by Gasteiger charge is -2.30. The molecule has 1 heterocycles. The number of nitrogens with zero attached hydrogens (tertiary/aromatic N) is 1. The number of ketones is 1. The lowest BCUT2D eigenvalue weighted by molar-refractivity contribution is -0.143. The van der Waals surface area contributed by atoms with Crippen LogP contribution < -0.4 is 0 Å². The van der Waals surface area contributed by atoms with Gasteiger partial charge in [-0.25, -0.2) is 8.42 Å². The van der Waals surface area contributed by atoms with E-state index in [9.17, 15) is 18.0 Å². The minimum Gasteiger partial charge on any atom is -0.465 e. The van der Waals surface area contributed by atoms with Gasteiger partial charge in [0.25, 0.3) is 0 Å². The fourth-order valence-electron chi connectivity index (χ4n) is 4.85. The second-order valence-electron chi connectivity index (χ2n) is 9.75. The molecule has 7 heteroatoms. The monoisotopic (exact) mass is 457 g/mol. The van der Waals surface area contributed by atoms with Crippen molar-refractivity contribution in [1.29, 1.82) is 0 Å². The molecule has 0 bridgehead atoms. The molecular weight excluding hydrogens is 426 g/mol. The molecule has 2 aromatic rings. The lowest BCUT2D eigenvalue weighted by atomic mass is 9.75. The molecule has 0 saturated heterocycles. The summed E-state index contributed by atoms with van der Waals surface area (Å²) in [6.45, 7) is 8.14. The van der Waals surface area contributed by atoms with E-state index in [0.717, 1.165) is 17.0 Å². The van der Waals surface area contributed by atoms with E-state index in [0.29, 0.717) is 54.7 Å². The van der Waals surface area contributed by atoms with Crippen LogP contribution in [-0.2, 0) is 38.8 Å². The second-order valence-corrected chi connectivity index (χ2v) is 11.9. The summed E-state index contributed by atoms with van der Waals surface area (Å²) >= 11 is 0. The number of hydrogen-bond donors (Lipinski definition) is 0. The highest BCUT2D eigenvalue weighted by Crippen LogP contribution is 2.41. The van der Waals surface area contributed by atoms with E-state index in [-0.39, 0.29) is 29.0 Å². The fraction of sp³-hybridized carbons (Fsp3) is 0.520. The van der Waals surface area contributed by atoms with Crippen LogP contribution in [0.4, 0.5) is 0 Å². The van der Waals surface area contributed by atoms with Crippen LogP contribution >= 0.6 is 0 Å². The highest BCUT2D eigenvalue weighted by atomic mass is 32.2. The summed E-state index contributed by atoms with van der Waals surface area (Å²) in [6.07, 6.45) is 2.86. The third-order valence-electron chi connectivity index (χ3n) is 6.52. The van der Waals surface area contributed by atoms with Gasteiger partial charge in [0.1, 0.15) is 6.54 Å². The maximum atomic E-state index is 13.2. The summed E-state index contributed by atoms with van der Waals surface area (Å²) in [5.41, 5.74) is 3.66. The first kappa shape index (κ1) is 22.8. The molecule has 0 spiro atoms. The molecule has 0 atom stereocenters. The highest BCUT2D eigenvalue weighted by Gasteiger charge is 2.40. The molecule has 0 unspecified atom stereocenters. The van der Waals surface area contributed by atoms with Crippen molar-refractivity contribution >= 4 is 21.6 Å². The lowest BCUT2D eigenvalue weighted by Crippen LogP contribution is -2.29. The van der Waals surface area contributed by atoms with Gasteiger partial charge in [-0.05, 0) is 55.7 Å². The van der Waals surface area contributed by atoms with Crippen LogP contribution in [-0.4, -0.2) is 36.6 Å². The van der Waals surface area contributed by atoms with E-state index in [4.69, 9.17) is 4.74 Å². The summed E-state index contributed by atoms with van der Waals surface area (Å²) in [6, 6.07) is 7.09. The number of aromatic nitrogens is 1. The number of rotatable bonds is 7. The summed E-state index contributed by atoms with van der Waals surface area (Å²) in [5, 5.41) is -0.297. The van der Waals surface area contributed by atoms with Gasteiger partial charge >= 0.3 is 5.97 Å². The first-order valence-electron chi connectivity index (χ1n) is 11.3. The van der Waals surface area contributed by atoms with Gasteiger partial charge in [0, 0.05) is 29.8 Å². The standard InChI is InChI=1S/C25H31NO5S/c1-5-31-23(28)15-26-16(2)19(24-20(26)13-25(3,4)14-21(24)27)12-17-8-6-7-9-22(17)32(29,30)18-10-11-18/h6-9,18H,5,10-15H2,1-4H3. The van der Waals surface area contributed by atoms with Crippen molar-refractivity contribution < 1.29 is 22.7 Å². The van der Waals surface area contributed by atoms with Crippen molar-refractivity contribution in [2.75, 3.05) is 6.61 Å². The Labute approximate surface area is 189 Å². The molecule has 1 fully saturated rings. The van der Waals surface area contributed by atoms with Crippen LogP contribution in [0.25, 0.3) is 0 Å². The summed E-state index contributed by atoms with van der Waals surface area (Å²) in [7, 11) is -3.37. The number of carbonyl (C=O) groups excluding carboxylic acids is 2. The molecule has 1 aromatic heterocycles. The normalized spacial score (nSPS) is 17.8. The third-order valence-corrected chi connectivity index (χ3v) is 8.88. The van der Waals surface area contributed by atoms with Crippen molar-refractivity contribution in [3.63, 3.8) is 0 Å². The Bertz CT molecular complexity index is 1190. The largest absolute Gasteiger partial charge is 0.465 e. The van der Waals surface area contributed by atoms with Gasteiger partial charge < -0.3 is 9.30 Å². The van der Waals surface area contributed by atoms with Crippen molar-refractivity contribution in [2.24, 2.45) is 5.41 Å². The Morgan fingerprint density at radius 3 is 2.53 bits per heavy atom. The van der Waals surface area contributed by atoms with Gasteiger partial charge in [-0.3, -0.25) is 9.59 Å². The van der Waals surface area contributed by atoms with Crippen LogP contribution in [0.3, 0.4) is 0 Å². The molecule has 1 aromatic carbocycles. The summed E-state index contributed by atoms with van der Waals surface area (Å²) in [4.78, 5) is 25.9. The molecular formula is C25H31NO5S. The minimum atomic E-state index is -3.37. The number of benzene rings is 1. The number of hydrogen-bond acceptors (Lipinski definition) is 5. The van der Waals surface area contributed by atoms with Gasteiger partial charge in [0.15, 0.2) is 15.6 Å². The Kier molecular flexibility index (Phi) is 5.82. The van der Waals surface area contributed by atoms with Gasteiger partial charge in [-0.2, -0.15) is 0 Å². The maximum Gasteiger partial charge on any atom is 0.325 e. The van der Waals surface area contributed by atoms with Crippen LogP contribution in [0.2, 0.25) is 0 Å². The van der Waals surface area contributed by atoms with E-state index in [1.54, 1.807) is 19.1 Å². The Morgan fingerprint density at radius 1 is 1.19 bits per heavy atom. The Balaban J connectivity index is 1.82. The highest BCUT2D eigenvalue weighted by molar-refractivity contribution is 7.92. The smallest absolute Gasteiger partial charge is 0.325 e. The van der Waals surface area contributed by atoms with E-state index < -0.39 is 9.84 Å². The summed E-state index contributed by atoms with van der Waals surface area (Å²) in [5.74, 6) is -0.285. The van der Waals surface area contributed by atoms with E-state index in [1.165, 1.54) is 0 Å². The van der Waals surface area contributed by atoms with Crippen molar-refractivity contribution in [3.05, 3.63) is 52.3 Å². The molecule has 6 nitrogen and oxygen atoms in total. The predicted octanol–water partition coefficient (Wildman–Crippen LogP) is 4.04. The molecule has 0 N–H and O–H groups in total. The van der Waals surface area contributed by atoms with Crippen LogP contribution in [0.1, 0.15) is 72.9 Å². The fourth-order valence-corrected chi connectivity index (χ4v) is 6.74. The average molecular weight is 458 g/mol. The number of ether oxygens (including phenoxy) is 1. The zero-order chi connectivity index (χ0) is 23.3. The van der Waals surface area contributed by atoms with Crippen molar-refractivity contribution in [2.45, 2.75) is 76.5 Å². The van der Waals surface area contributed by atoms with E-state index >= 15 is 0 Å². The van der Waals surface area contributed by atoms with Crippen molar-refractivity contribution in [1.82, 2.24) is 4.57 Å². The van der Waals surface area contributed by atoms with Crippen LogP contribution in [0, 0.1) is 12.3 Å². The topological polar surface area (TPSA) is 82.4 Å². The molecule has 2 aliphatic rings. The SMILES string of the molecule is CCOC(=O)Cn1c(C)c(Cc2ccccc2S(=O)(=O)C2CC2)c2c1CC(C)(C)CC2=O. The molecule has 2 aliphatic carbocycles. The number of Topliss-reactive ketones (excluding diaryl/α,β-unsaturated/α-hetero) is 1. The van der Waals surface area contributed by atoms with Gasteiger partial charge in [-0.1, -0.05) is 32.0 Å². The first-order chi connectivity index (χ1) is 15.0. The number of fused-ring (bicyclic) bond motifs is 1. The Hall–Kier alpha value is -2.41. The number of carbonyl (C=O) groups is 2. The zero-order valence-electron chi connectivity index (χ0n) is 19.2. The number of sulfone groups is 1. The molecule has 0 aliphatic heterocycles. The van der Waals surface area contributed by atoms with Gasteiger partial charge in [-0.15, -0.1) is 0 Å². The molecule has 0 radical (unpaired) electrons. The first-order valence-corrected chi connectivity index (χ1v) is 12.8. The van der Waals surface area contributed by atoms with E-state index in [1.807, 2.05) is 23.6 Å². The second kappa shape index (κ2) is 8.18. The minimum absolute atomic E-state index is 0.0490. The third kappa shape index (κ3) is 4.15. The molecule has 32 heavy (non-hydrogen) atoms. The molecule has 4 rings (SSSR count). The maximum absolute atomic E-state index is 13.2. The van der Waals surface area contributed by atoms with Gasteiger partial charge in [0.05, 0.1) is 16.8 Å².